The molecule has 3 rings (SSSR count). The third kappa shape index (κ3) is 3.57. The largest absolute Gasteiger partial charge is 0.343 e. The minimum atomic E-state index is -0.323. The van der Waals surface area contributed by atoms with Gasteiger partial charge in [-0.1, -0.05) is 29.8 Å². The van der Waals surface area contributed by atoms with Crippen molar-refractivity contribution < 1.29 is 9.59 Å². The second-order valence-electron chi connectivity index (χ2n) is 5.42. The van der Waals surface area contributed by atoms with E-state index in [1.807, 2.05) is 16.3 Å². The van der Waals surface area contributed by atoms with Gasteiger partial charge in [-0.15, -0.1) is 11.3 Å². The zero-order chi connectivity index (χ0) is 16.2. The van der Waals surface area contributed by atoms with E-state index >= 15 is 0 Å². The average Bonchev–Trinajstić information content (AvgIpc) is 3.23. The smallest absolute Gasteiger partial charge is 0.253 e. The Balaban J connectivity index is 1.61. The molecule has 1 unspecified atom stereocenters. The Morgan fingerprint density at radius 1 is 1.26 bits per heavy atom. The molecule has 1 aliphatic heterocycles. The summed E-state index contributed by atoms with van der Waals surface area (Å²) >= 11 is 7.66. The molecule has 1 N–H and O–H groups in total. The second kappa shape index (κ2) is 7.15. The molecule has 2 aromatic rings. The van der Waals surface area contributed by atoms with E-state index in [0.717, 1.165) is 19.4 Å². The summed E-state index contributed by atoms with van der Waals surface area (Å²) in [6.45, 7) is 0.731. The van der Waals surface area contributed by atoms with Crippen molar-refractivity contribution in [1.82, 2.24) is 10.2 Å². The van der Waals surface area contributed by atoms with Gasteiger partial charge >= 0.3 is 0 Å². The topological polar surface area (TPSA) is 49.4 Å². The van der Waals surface area contributed by atoms with Crippen LogP contribution in [0.15, 0.2) is 41.8 Å². The van der Waals surface area contributed by atoms with Crippen molar-refractivity contribution >= 4 is 34.8 Å². The Kier molecular flexibility index (Phi) is 4.98. The summed E-state index contributed by atoms with van der Waals surface area (Å²) in [5.41, 5.74) is 0.387. The first-order chi connectivity index (χ1) is 11.2. The minimum Gasteiger partial charge on any atom is -0.343 e. The van der Waals surface area contributed by atoms with Crippen LogP contribution in [0.3, 0.4) is 0 Å². The summed E-state index contributed by atoms with van der Waals surface area (Å²) in [7, 11) is 0. The number of hydrogen-bond donors (Lipinski definition) is 1. The van der Waals surface area contributed by atoms with E-state index in [-0.39, 0.29) is 24.4 Å². The molecule has 6 heteroatoms. The lowest BCUT2D eigenvalue weighted by molar-refractivity contribution is -0.131. The van der Waals surface area contributed by atoms with Crippen molar-refractivity contribution in [3.05, 3.63) is 57.2 Å². The summed E-state index contributed by atoms with van der Waals surface area (Å²) in [6.07, 6.45) is 1.97. The number of halogens is 1. The van der Waals surface area contributed by atoms with Crippen LogP contribution >= 0.6 is 22.9 Å². The predicted octanol–water partition coefficient (Wildman–Crippen LogP) is 3.50. The Labute approximate surface area is 144 Å². The van der Waals surface area contributed by atoms with Gasteiger partial charge < -0.3 is 10.2 Å². The highest BCUT2D eigenvalue weighted by Gasteiger charge is 2.30. The van der Waals surface area contributed by atoms with Gasteiger partial charge in [0.25, 0.3) is 5.91 Å². The molecule has 23 heavy (non-hydrogen) atoms. The van der Waals surface area contributed by atoms with Crippen molar-refractivity contribution in [2.45, 2.75) is 18.9 Å². The van der Waals surface area contributed by atoms with Gasteiger partial charge in [0.2, 0.25) is 5.91 Å². The highest BCUT2D eigenvalue weighted by molar-refractivity contribution is 7.10. The minimum absolute atomic E-state index is 0.00800. The third-order valence-corrected chi connectivity index (χ3v) is 5.27. The van der Waals surface area contributed by atoms with Gasteiger partial charge in [0.15, 0.2) is 0 Å². The fraction of sp³-hybridized carbons (Fsp3) is 0.294. The normalized spacial score (nSPS) is 17.3. The summed E-state index contributed by atoms with van der Waals surface area (Å²) in [6, 6.07) is 11.0. The van der Waals surface area contributed by atoms with Gasteiger partial charge in [-0.25, -0.2) is 0 Å². The van der Waals surface area contributed by atoms with Crippen molar-refractivity contribution in [1.29, 1.82) is 0 Å². The Morgan fingerprint density at radius 3 is 2.83 bits per heavy atom. The molecule has 0 spiro atoms. The van der Waals surface area contributed by atoms with Crippen LogP contribution in [0.25, 0.3) is 0 Å². The number of rotatable bonds is 4. The molecule has 1 aliphatic rings. The number of benzene rings is 1. The van der Waals surface area contributed by atoms with Gasteiger partial charge in [-0.3, -0.25) is 9.59 Å². The molecule has 1 saturated heterocycles. The summed E-state index contributed by atoms with van der Waals surface area (Å²) in [4.78, 5) is 27.6. The van der Waals surface area contributed by atoms with E-state index in [4.69, 9.17) is 11.6 Å². The van der Waals surface area contributed by atoms with Gasteiger partial charge in [0.05, 0.1) is 23.2 Å². The van der Waals surface area contributed by atoms with Crippen LogP contribution in [-0.4, -0.2) is 29.8 Å². The Hall–Kier alpha value is -1.85. The molecule has 2 amide bonds. The molecule has 0 saturated carbocycles. The molecule has 120 valence electrons. The van der Waals surface area contributed by atoms with Crippen molar-refractivity contribution in [2.75, 3.05) is 13.1 Å². The zero-order valence-electron chi connectivity index (χ0n) is 12.5. The van der Waals surface area contributed by atoms with E-state index < -0.39 is 0 Å². The lowest BCUT2D eigenvalue weighted by Gasteiger charge is -2.24. The standard InChI is InChI=1S/C17H17ClN2O2S/c18-13-6-2-1-5-12(13)17(22)19-11-16(21)20-9-3-7-14(20)15-8-4-10-23-15/h1-2,4-6,8,10,14H,3,7,9,11H2,(H,19,22). The van der Waals surface area contributed by atoms with Crippen LogP contribution < -0.4 is 5.32 Å². The van der Waals surface area contributed by atoms with Crippen LogP contribution in [-0.2, 0) is 4.79 Å². The molecule has 4 nitrogen and oxygen atoms in total. The summed E-state index contributed by atoms with van der Waals surface area (Å²) in [5.74, 6) is -0.378. The number of likely N-dealkylation sites (tertiary alicyclic amines) is 1. The van der Waals surface area contributed by atoms with Crippen LogP contribution in [0.2, 0.25) is 5.02 Å². The first-order valence-corrected chi connectivity index (χ1v) is 8.78. The van der Waals surface area contributed by atoms with E-state index in [2.05, 4.69) is 11.4 Å². The zero-order valence-corrected chi connectivity index (χ0v) is 14.1. The van der Waals surface area contributed by atoms with E-state index in [9.17, 15) is 9.59 Å². The van der Waals surface area contributed by atoms with Gasteiger partial charge in [0.1, 0.15) is 0 Å². The molecule has 2 heterocycles. The number of nitrogens with one attached hydrogen (secondary N) is 1. The number of nitrogens with zero attached hydrogens (tertiary/aromatic N) is 1. The Morgan fingerprint density at radius 2 is 2.09 bits per heavy atom. The summed E-state index contributed by atoms with van der Waals surface area (Å²) < 4.78 is 0. The quantitative estimate of drug-likeness (QED) is 0.919. The lowest BCUT2D eigenvalue weighted by atomic mass is 10.2. The molecule has 0 aliphatic carbocycles. The summed E-state index contributed by atoms with van der Waals surface area (Å²) in [5, 5.41) is 5.08. The molecule has 1 aromatic heterocycles. The van der Waals surface area contributed by atoms with Gasteiger partial charge in [-0.05, 0) is 36.4 Å². The molecule has 1 fully saturated rings. The fourth-order valence-electron chi connectivity index (χ4n) is 2.84. The molecular formula is C17H17ClN2O2S. The number of amides is 2. The van der Waals surface area contributed by atoms with Crippen LogP contribution in [0.5, 0.6) is 0 Å². The molecule has 0 radical (unpaired) electrons. The molecule has 1 atom stereocenters. The molecule has 1 aromatic carbocycles. The fourth-order valence-corrected chi connectivity index (χ4v) is 3.94. The second-order valence-corrected chi connectivity index (χ2v) is 6.81. The maximum atomic E-state index is 12.5. The highest BCUT2D eigenvalue weighted by atomic mass is 35.5. The number of thiophene rings is 1. The maximum absolute atomic E-state index is 12.5. The van der Waals surface area contributed by atoms with E-state index in [1.54, 1.807) is 35.6 Å². The predicted molar refractivity (Wildman–Crippen MR) is 91.8 cm³/mol. The van der Waals surface area contributed by atoms with E-state index in [1.165, 1.54) is 4.88 Å². The van der Waals surface area contributed by atoms with Gasteiger partial charge in [0, 0.05) is 11.4 Å². The number of carbonyl (C=O) groups is 2. The van der Waals surface area contributed by atoms with E-state index in [0.29, 0.717) is 10.6 Å². The monoisotopic (exact) mass is 348 g/mol. The highest BCUT2D eigenvalue weighted by Crippen LogP contribution is 2.34. The first-order valence-electron chi connectivity index (χ1n) is 7.52. The third-order valence-electron chi connectivity index (χ3n) is 3.96. The van der Waals surface area contributed by atoms with Crippen molar-refractivity contribution in [3.8, 4) is 0 Å². The first kappa shape index (κ1) is 16.0. The SMILES string of the molecule is O=C(NCC(=O)N1CCCC1c1cccs1)c1ccccc1Cl. The van der Waals surface area contributed by atoms with Crippen LogP contribution in [0, 0.1) is 0 Å². The molecular weight excluding hydrogens is 332 g/mol. The number of carbonyl (C=O) groups excluding carboxylic acids is 2. The maximum Gasteiger partial charge on any atom is 0.253 e. The number of hydrogen-bond acceptors (Lipinski definition) is 3. The lowest BCUT2D eigenvalue weighted by Crippen LogP contribution is -2.39. The van der Waals surface area contributed by atoms with Gasteiger partial charge in [-0.2, -0.15) is 0 Å². The van der Waals surface area contributed by atoms with Crippen LogP contribution in [0.1, 0.15) is 34.1 Å². The average molecular weight is 349 g/mol. The van der Waals surface area contributed by atoms with Crippen molar-refractivity contribution in [2.24, 2.45) is 0 Å². The van der Waals surface area contributed by atoms with Crippen LogP contribution in [0.4, 0.5) is 0 Å². The molecule has 0 bridgehead atoms. The Bertz CT molecular complexity index is 702. The van der Waals surface area contributed by atoms with Crippen molar-refractivity contribution in [3.63, 3.8) is 0 Å².